The van der Waals surface area contributed by atoms with Crippen molar-refractivity contribution in [3.63, 3.8) is 0 Å². The molecule has 0 fully saturated rings. The van der Waals surface area contributed by atoms with E-state index in [1.54, 1.807) is 36.4 Å². The molecule has 0 heterocycles. The summed E-state index contributed by atoms with van der Waals surface area (Å²) in [4.78, 5) is 34.0. The first-order valence-electron chi connectivity index (χ1n) is 7.03. The normalized spacial score (nSPS) is 10.4. The number of non-ortho nitro benzene ring substituents is 1. The highest BCUT2D eigenvalue weighted by atomic mass is 16.6. The number of hydrazine groups is 1. The summed E-state index contributed by atoms with van der Waals surface area (Å²) in [6, 6.07) is 15.5. The molecule has 2 aromatic rings. The zero-order valence-corrected chi connectivity index (χ0v) is 12.8. The smallest absolute Gasteiger partial charge is 0.267 e. The van der Waals surface area contributed by atoms with Crippen LogP contribution >= 0.6 is 0 Å². The van der Waals surface area contributed by atoms with Gasteiger partial charge < -0.3 is 0 Å². The van der Waals surface area contributed by atoms with Crippen molar-refractivity contribution in [1.29, 1.82) is 5.26 Å². The van der Waals surface area contributed by atoms with Crippen LogP contribution in [0.5, 0.6) is 0 Å². The third kappa shape index (κ3) is 4.74. The first-order chi connectivity index (χ1) is 12.0. The van der Waals surface area contributed by atoms with E-state index in [0.29, 0.717) is 5.56 Å². The fourth-order valence-corrected chi connectivity index (χ4v) is 1.88. The lowest BCUT2D eigenvalue weighted by Gasteiger charge is -2.06. The summed E-state index contributed by atoms with van der Waals surface area (Å²) in [5.41, 5.74) is 4.41. The summed E-state index contributed by atoms with van der Waals surface area (Å²) in [6.07, 6.45) is 1.37. The van der Waals surface area contributed by atoms with Crippen LogP contribution in [0.3, 0.4) is 0 Å². The van der Waals surface area contributed by atoms with Gasteiger partial charge in [-0.1, -0.05) is 36.4 Å². The average Bonchev–Trinajstić information content (AvgIpc) is 2.64. The summed E-state index contributed by atoms with van der Waals surface area (Å²) in [5.74, 6) is -1.54. The van der Waals surface area contributed by atoms with Crippen LogP contribution in [0.1, 0.15) is 15.9 Å². The second kappa shape index (κ2) is 8.03. The van der Waals surface area contributed by atoms with Gasteiger partial charge in [0.15, 0.2) is 0 Å². The lowest BCUT2D eigenvalue weighted by atomic mass is 10.1. The Kier molecular flexibility index (Phi) is 5.58. The zero-order valence-electron chi connectivity index (χ0n) is 12.8. The van der Waals surface area contributed by atoms with E-state index in [-0.39, 0.29) is 16.8 Å². The molecule has 0 atom stereocenters. The third-order valence-electron chi connectivity index (χ3n) is 3.08. The molecule has 0 spiro atoms. The molecule has 0 unspecified atom stereocenters. The number of nitro groups is 1. The predicted molar refractivity (Wildman–Crippen MR) is 88.7 cm³/mol. The minimum atomic E-state index is -0.801. The van der Waals surface area contributed by atoms with E-state index in [0.717, 1.165) is 6.07 Å². The summed E-state index contributed by atoms with van der Waals surface area (Å²) in [7, 11) is 0. The van der Waals surface area contributed by atoms with Crippen LogP contribution in [0.2, 0.25) is 0 Å². The first kappa shape index (κ1) is 17.4. The van der Waals surface area contributed by atoms with Gasteiger partial charge in [-0.15, -0.1) is 0 Å². The monoisotopic (exact) mass is 336 g/mol. The topological polar surface area (TPSA) is 125 Å². The van der Waals surface area contributed by atoms with Crippen molar-refractivity contribution in [2.45, 2.75) is 0 Å². The highest BCUT2D eigenvalue weighted by molar-refractivity contribution is 6.03. The molecule has 124 valence electrons. The van der Waals surface area contributed by atoms with E-state index < -0.39 is 16.7 Å². The molecule has 25 heavy (non-hydrogen) atoms. The molecular formula is C17H12N4O4. The molecule has 0 aliphatic heterocycles. The molecule has 2 amide bonds. The summed E-state index contributed by atoms with van der Waals surface area (Å²) in [5, 5.41) is 19.8. The zero-order chi connectivity index (χ0) is 18.2. The van der Waals surface area contributed by atoms with Gasteiger partial charge in [-0.05, 0) is 17.7 Å². The third-order valence-corrected chi connectivity index (χ3v) is 3.08. The maximum atomic E-state index is 12.0. The van der Waals surface area contributed by atoms with Crippen molar-refractivity contribution in [2.75, 3.05) is 0 Å². The number of nitriles is 1. The fraction of sp³-hybridized carbons (Fsp3) is 0. The van der Waals surface area contributed by atoms with Gasteiger partial charge in [0.1, 0.15) is 11.6 Å². The molecule has 2 aromatic carbocycles. The maximum absolute atomic E-state index is 12.0. The minimum Gasteiger partial charge on any atom is -0.267 e. The van der Waals surface area contributed by atoms with Crippen LogP contribution in [0.4, 0.5) is 5.69 Å². The fourth-order valence-electron chi connectivity index (χ4n) is 1.88. The van der Waals surface area contributed by atoms with Crippen molar-refractivity contribution < 1.29 is 14.5 Å². The minimum absolute atomic E-state index is 0.0000432. The number of nitrogens with zero attached hydrogens (tertiary/aromatic N) is 2. The molecule has 0 aliphatic rings. The van der Waals surface area contributed by atoms with Gasteiger partial charge >= 0.3 is 0 Å². The van der Waals surface area contributed by atoms with Crippen LogP contribution in [0.15, 0.2) is 60.2 Å². The van der Waals surface area contributed by atoms with Crippen LogP contribution in [0, 0.1) is 21.4 Å². The molecule has 0 aromatic heterocycles. The van der Waals surface area contributed by atoms with Crippen molar-refractivity contribution in [3.8, 4) is 6.07 Å². The summed E-state index contributed by atoms with van der Waals surface area (Å²) >= 11 is 0. The Morgan fingerprint density at radius 1 is 1.08 bits per heavy atom. The average molecular weight is 336 g/mol. The van der Waals surface area contributed by atoms with Gasteiger partial charge in [0.05, 0.1) is 4.92 Å². The summed E-state index contributed by atoms with van der Waals surface area (Å²) < 4.78 is 0. The highest BCUT2D eigenvalue weighted by Crippen LogP contribution is 2.12. The van der Waals surface area contributed by atoms with Crippen LogP contribution in [-0.4, -0.2) is 16.7 Å². The molecule has 2 rings (SSSR count). The highest BCUT2D eigenvalue weighted by Gasteiger charge is 2.14. The Morgan fingerprint density at radius 2 is 1.80 bits per heavy atom. The number of hydrogen-bond acceptors (Lipinski definition) is 5. The molecular weight excluding hydrogens is 324 g/mol. The number of nitrogens with one attached hydrogen (secondary N) is 2. The molecule has 0 saturated carbocycles. The van der Waals surface area contributed by atoms with Crippen molar-refractivity contribution in [2.24, 2.45) is 0 Å². The molecule has 0 radical (unpaired) electrons. The maximum Gasteiger partial charge on any atom is 0.280 e. The molecule has 8 heteroatoms. The van der Waals surface area contributed by atoms with Crippen LogP contribution in [0.25, 0.3) is 6.08 Å². The van der Waals surface area contributed by atoms with E-state index in [2.05, 4.69) is 10.9 Å². The Balaban J connectivity index is 2.05. The van der Waals surface area contributed by atoms with Crippen LogP contribution < -0.4 is 10.9 Å². The second-order valence-electron chi connectivity index (χ2n) is 4.80. The number of carbonyl (C=O) groups is 2. The molecule has 8 nitrogen and oxygen atoms in total. The van der Waals surface area contributed by atoms with Gasteiger partial charge in [-0.25, -0.2) is 0 Å². The quantitative estimate of drug-likeness (QED) is 0.382. The van der Waals surface area contributed by atoms with Crippen molar-refractivity contribution >= 4 is 23.6 Å². The Hall–Kier alpha value is -3.99. The number of rotatable bonds is 4. The first-order valence-corrected chi connectivity index (χ1v) is 7.03. The van der Waals surface area contributed by atoms with Gasteiger partial charge in [-0.2, -0.15) is 5.26 Å². The number of nitro benzene ring substituents is 1. The lowest BCUT2D eigenvalue weighted by Crippen LogP contribution is -2.42. The van der Waals surface area contributed by atoms with E-state index in [4.69, 9.17) is 5.26 Å². The predicted octanol–water partition coefficient (Wildman–Crippen LogP) is 1.96. The Bertz CT molecular complexity index is 885. The number of hydrogen-bond donors (Lipinski definition) is 2. The van der Waals surface area contributed by atoms with Gasteiger partial charge in [0, 0.05) is 17.7 Å². The Labute approximate surface area is 142 Å². The number of benzene rings is 2. The summed E-state index contributed by atoms with van der Waals surface area (Å²) in [6.45, 7) is 0. The van der Waals surface area contributed by atoms with Gasteiger partial charge in [-0.3, -0.25) is 30.6 Å². The van der Waals surface area contributed by atoms with Crippen molar-refractivity contribution in [1.82, 2.24) is 10.9 Å². The van der Waals surface area contributed by atoms with E-state index in [1.807, 2.05) is 0 Å². The van der Waals surface area contributed by atoms with E-state index in [1.165, 1.54) is 24.3 Å². The SMILES string of the molecule is N#CC(=Cc1ccccc1)C(=O)NNC(=O)c1cccc([N+](=O)[O-])c1. The van der Waals surface area contributed by atoms with E-state index >= 15 is 0 Å². The molecule has 0 saturated heterocycles. The van der Waals surface area contributed by atoms with E-state index in [9.17, 15) is 19.7 Å². The largest absolute Gasteiger partial charge is 0.280 e. The van der Waals surface area contributed by atoms with Crippen LogP contribution in [-0.2, 0) is 4.79 Å². The number of carbonyl (C=O) groups excluding carboxylic acids is 2. The standard InChI is InChI=1S/C17H12N4O4/c18-11-14(9-12-5-2-1-3-6-12)17(23)20-19-16(22)13-7-4-8-15(10-13)21(24)25/h1-10H,(H,19,22)(H,20,23). The lowest BCUT2D eigenvalue weighted by molar-refractivity contribution is -0.384. The van der Waals surface area contributed by atoms with Gasteiger partial charge in [0.2, 0.25) is 0 Å². The van der Waals surface area contributed by atoms with Crippen molar-refractivity contribution in [3.05, 3.63) is 81.4 Å². The number of amides is 2. The Morgan fingerprint density at radius 3 is 2.44 bits per heavy atom. The van der Waals surface area contributed by atoms with Gasteiger partial charge in [0.25, 0.3) is 17.5 Å². The molecule has 0 bridgehead atoms. The second-order valence-corrected chi connectivity index (χ2v) is 4.80. The molecule has 0 aliphatic carbocycles. The molecule has 2 N–H and O–H groups in total.